The van der Waals surface area contributed by atoms with Crippen molar-refractivity contribution in [3.63, 3.8) is 0 Å². The Morgan fingerprint density at radius 1 is 1.11 bits per heavy atom. The molecule has 1 atom stereocenters. The molecule has 148 valence electrons. The first-order chi connectivity index (χ1) is 13.6. The molecule has 1 saturated heterocycles. The Labute approximate surface area is 166 Å². The maximum absolute atomic E-state index is 13.4. The van der Waals surface area contributed by atoms with Gasteiger partial charge in [0.05, 0.1) is 11.8 Å². The van der Waals surface area contributed by atoms with E-state index in [4.69, 9.17) is 4.42 Å². The van der Waals surface area contributed by atoms with Crippen molar-refractivity contribution in [3.8, 4) is 0 Å². The van der Waals surface area contributed by atoms with Crippen molar-refractivity contribution in [3.05, 3.63) is 60.1 Å². The summed E-state index contributed by atoms with van der Waals surface area (Å²) in [6, 6.07) is 12.2. The van der Waals surface area contributed by atoms with Gasteiger partial charge < -0.3 is 14.2 Å². The van der Waals surface area contributed by atoms with E-state index in [1.807, 2.05) is 23.1 Å². The molecule has 1 unspecified atom stereocenters. The average molecular weight is 380 g/mol. The predicted molar refractivity (Wildman–Crippen MR) is 107 cm³/mol. The monoisotopic (exact) mass is 380 g/mol. The van der Waals surface area contributed by atoms with Gasteiger partial charge in [-0.3, -0.25) is 9.59 Å². The Kier molecular flexibility index (Phi) is 5.51. The molecule has 2 heterocycles. The number of benzene rings is 1. The molecule has 4 rings (SSSR count). The maximum Gasteiger partial charge on any atom is 0.257 e. The third kappa shape index (κ3) is 4.13. The molecular weight excluding hydrogens is 352 g/mol. The average Bonchev–Trinajstić information content (AvgIpc) is 3.45. The number of likely N-dealkylation sites (tertiary alicyclic amines) is 1. The number of hydrogen-bond donors (Lipinski definition) is 0. The molecule has 5 nitrogen and oxygen atoms in total. The lowest BCUT2D eigenvalue weighted by Gasteiger charge is -2.37. The van der Waals surface area contributed by atoms with Crippen LogP contribution in [0.25, 0.3) is 0 Å². The van der Waals surface area contributed by atoms with Crippen molar-refractivity contribution in [1.82, 2.24) is 9.80 Å². The lowest BCUT2D eigenvalue weighted by atomic mass is 9.93. The van der Waals surface area contributed by atoms with Crippen LogP contribution in [0.3, 0.4) is 0 Å². The van der Waals surface area contributed by atoms with Crippen molar-refractivity contribution >= 4 is 11.8 Å². The van der Waals surface area contributed by atoms with Crippen LogP contribution in [0.1, 0.15) is 48.5 Å². The van der Waals surface area contributed by atoms with Crippen LogP contribution in [0.2, 0.25) is 0 Å². The fraction of sp³-hybridized carbons (Fsp3) is 0.478. The molecule has 5 heteroatoms. The summed E-state index contributed by atoms with van der Waals surface area (Å²) in [4.78, 5) is 29.8. The highest BCUT2D eigenvalue weighted by Gasteiger charge is 2.37. The number of furan rings is 1. The first-order valence-electron chi connectivity index (χ1n) is 10.3. The number of nitrogens with zero attached hydrogens (tertiary/aromatic N) is 2. The molecule has 0 bridgehead atoms. The summed E-state index contributed by atoms with van der Waals surface area (Å²) in [5, 5.41) is 0. The van der Waals surface area contributed by atoms with E-state index in [2.05, 4.69) is 24.0 Å². The molecule has 2 aliphatic rings. The zero-order valence-corrected chi connectivity index (χ0v) is 16.4. The normalized spacial score (nSPS) is 18.7. The molecule has 2 aromatic rings. The largest absolute Gasteiger partial charge is 0.472 e. The molecule has 0 radical (unpaired) electrons. The summed E-state index contributed by atoms with van der Waals surface area (Å²) in [5.41, 5.74) is 1.76. The lowest BCUT2D eigenvalue weighted by molar-refractivity contribution is -0.140. The number of hydrogen-bond acceptors (Lipinski definition) is 3. The molecule has 1 aromatic heterocycles. The van der Waals surface area contributed by atoms with E-state index in [0.29, 0.717) is 31.1 Å². The standard InChI is InChI=1S/C23H28N2O3/c1-17(19-7-8-19)25(15-18-5-3-2-4-6-18)23(27)20-9-12-24(13-10-20)22(26)21-11-14-28-16-21/h2-6,11,14,16-17,19-20H,7-10,12-13,15H2,1H3. The highest BCUT2D eigenvalue weighted by atomic mass is 16.3. The Bertz CT molecular complexity index is 791. The summed E-state index contributed by atoms with van der Waals surface area (Å²) in [6.07, 6.45) is 6.90. The number of carbonyl (C=O) groups excluding carboxylic acids is 2. The quantitative estimate of drug-likeness (QED) is 0.762. The van der Waals surface area contributed by atoms with Crippen molar-refractivity contribution in [2.75, 3.05) is 13.1 Å². The molecule has 2 amide bonds. The van der Waals surface area contributed by atoms with Gasteiger partial charge in [-0.05, 0) is 50.2 Å². The smallest absolute Gasteiger partial charge is 0.257 e. The number of piperidine rings is 1. The van der Waals surface area contributed by atoms with Crippen LogP contribution >= 0.6 is 0 Å². The molecule has 28 heavy (non-hydrogen) atoms. The van der Waals surface area contributed by atoms with E-state index in [-0.39, 0.29) is 23.8 Å². The van der Waals surface area contributed by atoms with Crippen LogP contribution in [0.5, 0.6) is 0 Å². The zero-order valence-electron chi connectivity index (χ0n) is 16.4. The Hall–Kier alpha value is -2.56. The van der Waals surface area contributed by atoms with Gasteiger partial charge in [-0.25, -0.2) is 0 Å². The molecule has 1 aliphatic carbocycles. The molecule has 0 N–H and O–H groups in total. The first kappa shape index (κ1) is 18.8. The Balaban J connectivity index is 1.40. The first-order valence-corrected chi connectivity index (χ1v) is 10.3. The number of amides is 2. The second kappa shape index (κ2) is 8.21. The van der Waals surface area contributed by atoms with E-state index in [9.17, 15) is 9.59 Å². The summed E-state index contributed by atoms with van der Waals surface area (Å²) < 4.78 is 5.02. The fourth-order valence-corrected chi connectivity index (χ4v) is 4.17. The van der Waals surface area contributed by atoms with Crippen LogP contribution in [0, 0.1) is 11.8 Å². The van der Waals surface area contributed by atoms with E-state index < -0.39 is 0 Å². The van der Waals surface area contributed by atoms with Crippen molar-refractivity contribution < 1.29 is 14.0 Å². The molecule has 1 saturated carbocycles. The summed E-state index contributed by atoms with van der Waals surface area (Å²) in [5.74, 6) is 0.875. The van der Waals surface area contributed by atoms with Gasteiger partial charge in [0.15, 0.2) is 0 Å². The second-order valence-electron chi connectivity index (χ2n) is 8.11. The zero-order chi connectivity index (χ0) is 19.5. The Morgan fingerprint density at radius 2 is 1.82 bits per heavy atom. The molecular formula is C23H28N2O3. The van der Waals surface area contributed by atoms with Crippen LogP contribution in [-0.4, -0.2) is 40.7 Å². The number of carbonyl (C=O) groups is 2. The molecule has 1 aliphatic heterocycles. The molecule has 1 aromatic carbocycles. The van der Waals surface area contributed by atoms with Gasteiger partial charge in [-0.1, -0.05) is 30.3 Å². The van der Waals surface area contributed by atoms with E-state index in [1.54, 1.807) is 6.07 Å². The third-order valence-electron chi connectivity index (χ3n) is 6.17. The maximum atomic E-state index is 13.4. The summed E-state index contributed by atoms with van der Waals surface area (Å²) in [6.45, 7) is 4.11. The van der Waals surface area contributed by atoms with Gasteiger partial charge in [0, 0.05) is 31.6 Å². The van der Waals surface area contributed by atoms with Crippen LogP contribution in [0.15, 0.2) is 53.3 Å². The van der Waals surface area contributed by atoms with Gasteiger partial charge in [-0.15, -0.1) is 0 Å². The van der Waals surface area contributed by atoms with Crippen LogP contribution < -0.4 is 0 Å². The van der Waals surface area contributed by atoms with Crippen molar-refractivity contribution in [2.45, 2.75) is 45.2 Å². The van der Waals surface area contributed by atoms with E-state index in [0.717, 1.165) is 12.8 Å². The second-order valence-corrected chi connectivity index (χ2v) is 8.11. The van der Waals surface area contributed by atoms with Gasteiger partial charge in [0.2, 0.25) is 5.91 Å². The van der Waals surface area contributed by atoms with Gasteiger partial charge in [-0.2, -0.15) is 0 Å². The minimum absolute atomic E-state index is 0.00156. The highest BCUT2D eigenvalue weighted by molar-refractivity contribution is 5.94. The van der Waals surface area contributed by atoms with Crippen molar-refractivity contribution in [1.29, 1.82) is 0 Å². The SMILES string of the molecule is CC(C1CC1)N(Cc1ccccc1)C(=O)C1CCN(C(=O)c2ccoc2)CC1. The van der Waals surface area contributed by atoms with Gasteiger partial charge in [0.25, 0.3) is 5.91 Å². The van der Waals surface area contributed by atoms with Crippen LogP contribution in [-0.2, 0) is 11.3 Å². The highest BCUT2D eigenvalue weighted by Crippen LogP contribution is 2.37. The van der Waals surface area contributed by atoms with Crippen LogP contribution in [0.4, 0.5) is 0 Å². The summed E-state index contributed by atoms with van der Waals surface area (Å²) in [7, 11) is 0. The minimum Gasteiger partial charge on any atom is -0.472 e. The van der Waals surface area contributed by atoms with Gasteiger partial charge in [0.1, 0.15) is 6.26 Å². The molecule has 2 fully saturated rings. The predicted octanol–water partition coefficient (Wildman–Crippen LogP) is 3.96. The van der Waals surface area contributed by atoms with E-state index in [1.165, 1.54) is 30.9 Å². The minimum atomic E-state index is -0.00728. The molecule has 0 spiro atoms. The fourth-order valence-electron chi connectivity index (χ4n) is 4.17. The van der Waals surface area contributed by atoms with Gasteiger partial charge >= 0.3 is 0 Å². The lowest BCUT2D eigenvalue weighted by Crippen LogP contribution is -2.47. The Morgan fingerprint density at radius 3 is 2.43 bits per heavy atom. The number of rotatable bonds is 6. The summed E-state index contributed by atoms with van der Waals surface area (Å²) >= 11 is 0. The van der Waals surface area contributed by atoms with Crippen molar-refractivity contribution in [2.24, 2.45) is 11.8 Å². The van der Waals surface area contributed by atoms with E-state index >= 15 is 0 Å². The third-order valence-corrected chi connectivity index (χ3v) is 6.17. The topological polar surface area (TPSA) is 53.8 Å².